The highest BCUT2D eigenvalue weighted by Crippen LogP contribution is 2.24. The Labute approximate surface area is 80.4 Å². The molecule has 0 amide bonds. The van der Waals surface area contributed by atoms with Gasteiger partial charge in [0, 0.05) is 0 Å². The predicted octanol–water partition coefficient (Wildman–Crippen LogP) is 2.23. The molecule has 0 saturated heterocycles. The van der Waals surface area contributed by atoms with E-state index >= 15 is 0 Å². The number of phenols is 1. The predicted molar refractivity (Wildman–Crippen MR) is 48.6 cm³/mol. The standard InChI is InChI=1S/C8H8Cl2O2/c9-8(10)7(12)5-1-3-6(11)4-2-5/h1-4,7-8,11-12H. The second-order valence-electron chi connectivity index (χ2n) is 2.37. The average molecular weight is 207 g/mol. The first-order valence-corrected chi connectivity index (χ1v) is 4.23. The first-order chi connectivity index (χ1) is 5.61. The van der Waals surface area contributed by atoms with E-state index < -0.39 is 10.9 Å². The van der Waals surface area contributed by atoms with Gasteiger partial charge in [-0.25, -0.2) is 0 Å². The highest BCUT2D eigenvalue weighted by atomic mass is 35.5. The molecular formula is C8H8Cl2O2. The molecule has 1 atom stereocenters. The van der Waals surface area contributed by atoms with E-state index in [2.05, 4.69) is 0 Å². The van der Waals surface area contributed by atoms with Crippen molar-refractivity contribution >= 4 is 23.2 Å². The van der Waals surface area contributed by atoms with Crippen molar-refractivity contribution in [1.82, 2.24) is 0 Å². The van der Waals surface area contributed by atoms with Gasteiger partial charge < -0.3 is 10.2 Å². The van der Waals surface area contributed by atoms with Crippen LogP contribution in [-0.4, -0.2) is 15.0 Å². The molecule has 0 spiro atoms. The number of alkyl halides is 2. The van der Waals surface area contributed by atoms with E-state index in [4.69, 9.17) is 28.3 Å². The number of halogens is 2. The number of benzene rings is 1. The maximum atomic E-state index is 9.34. The summed E-state index contributed by atoms with van der Waals surface area (Å²) >= 11 is 10.9. The van der Waals surface area contributed by atoms with Crippen LogP contribution in [0.15, 0.2) is 24.3 Å². The Bertz CT molecular complexity index is 246. The largest absolute Gasteiger partial charge is 0.508 e. The lowest BCUT2D eigenvalue weighted by Crippen LogP contribution is -2.05. The Hall–Kier alpha value is -0.440. The summed E-state index contributed by atoms with van der Waals surface area (Å²) in [5.41, 5.74) is 0.586. The Balaban J connectivity index is 2.82. The number of hydrogen-bond acceptors (Lipinski definition) is 2. The lowest BCUT2D eigenvalue weighted by atomic mass is 10.1. The summed E-state index contributed by atoms with van der Waals surface area (Å²) in [6, 6.07) is 6.07. The lowest BCUT2D eigenvalue weighted by molar-refractivity contribution is 0.193. The van der Waals surface area contributed by atoms with Gasteiger partial charge in [0.15, 0.2) is 0 Å². The quantitative estimate of drug-likeness (QED) is 0.730. The smallest absolute Gasteiger partial charge is 0.137 e. The van der Waals surface area contributed by atoms with Gasteiger partial charge in [-0.05, 0) is 17.7 Å². The topological polar surface area (TPSA) is 40.5 Å². The van der Waals surface area contributed by atoms with E-state index in [0.29, 0.717) is 5.56 Å². The van der Waals surface area contributed by atoms with Crippen LogP contribution in [0.3, 0.4) is 0 Å². The van der Waals surface area contributed by atoms with E-state index in [0.717, 1.165) is 0 Å². The molecule has 1 unspecified atom stereocenters. The summed E-state index contributed by atoms with van der Waals surface area (Å²) in [7, 11) is 0. The maximum absolute atomic E-state index is 9.34. The Kier molecular flexibility index (Phi) is 3.20. The van der Waals surface area contributed by atoms with Crippen molar-refractivity contribution < 1.29 is 10.2 Å². The highest BCUT2D eigenvalue weighted by Gasteiger charge is 2.14. The second kappa shape index (κ2) is 3.99. The molecular weight excluding hydrogens is 199 g/mol. The fourth-order valence-electron chi connectivity index (χ4n) is 0.817. The molecule has 0 bridgehead atoms. The lowest BCUT2D eigenvalue weighted by Gasteiger charge is -2.10. The van der Waals surface area contributed by atoms with Gasteiger partial charge >= 0.3 is 0 Å². The summed E-state index contributed by atoms with van der Waals surface area (Å²) < 4.78 is 0. The van der Waals surface area contributed by atoms with Gasteiger partial charge in [-0.2, -0.15) is 0 Å². The van der Waals surface area contributed by atoms with Crippen LogP contribution in [0.1, 0.15) is 11.7 Å². The Morgan fingerprint density at radius 3 is 2.00 bits per heavy atom. The van der Waals surface area contributed by atoms with Crippen molar-refractivity contribution in [3.05, 3.63) is 29.8 Å². The van der Waals surface area contributed by atoms with Crippen molar-refractivity contribution in [2.75, 3.05) is 0 Å². The van der Waals surface area contributed by atoms with Crippen LogP contribution in [0, 0.1) is 0 Å². The molecule has 0 aliphatic rings. The number of phenolic OH excluding ortho intramolecular Hbond substituents is 1. The van der Waals surface area contributed by atoms with E-state index in [-0.39, 0.29) is 5.75 Å². The minimum Gasteiger partial charge on any atom is -0.508 e. The summed E-state index contributed by atoms with van der Waals surface area (Å²) in [4.78, 5) is -0.852. The Morgan fingerprint density at radius 1 is 1.08 bits per heavy atom. The molecule has 1 rings (SSSR count). The molecule has 1 aromatic rings. The van der Waals surface area contributed by atoms with Gasteiger partial charge in [0.2, 0.25) is 0 Å². The molecule has 0 aliphatic carbocycles. The number of aliphatic hydroxyl groups is 1. The van der Waals surface area contributed by atoms with E-state index in [1.807, 2.05) is 0 Å². The average Bonchev–Trinajstić information content (AvgIpc) is 2.04. The van der Waals surface area contributed by atoms with Crippen LogP contribution in [0.2, 0.25) is 0 Å². The van der Waals surface area contributed by atoms with Gasteiger partial charge in [0.25, 0.3) is 0 Å². The van der Waals surface area contributed by atoms with Crippen molar-refractivity contribution in [3.8, 4) is 5.75 Å². The van der Waals surface area contributed by atoms with E-state index in [1.165, 1.54) is 12.1 Å². The summed E-state index contributed by atoms with van der Waals surface area (Å²) in [5.74, 6) is 0.145. The van der Waals surface area contributed by atoms with Crippen molar-refractivity contribution in [1.29, 1.82) is 0 Å². The zero-order valence-corrected chi connectivity index (χ0v) is 7.63. The highest BCUT2D eigenvalue weighted by molar-refractivity contribution is 6.44. The molecule has 0 radical (unpaired) electrons. The molecule has 0 heterocycles. The molecule has 4 heteroatoms. The fourth-order valence-corrected chi connectivity index (χ4v) is 1.11. The molecule has 0 fully saturated rings. The zero-order valence-electron chi connectivity index (χ0n) is 6.11. The van der Waals surface area contributed by atoms with E-state index in [1.54, 1.807) is 12.1 Å². The van der Waals surface area contributed by atoms with Crippen LogP contribution >= 0.6 is 23.2 Å². The monoisotopic (exact) mass is 206 g/mol. The molecule has 12 heavy (non-hydrogen) atoms. The number of rotatable bonds is 2. The van der Waals surface area contributed by atoms with Crippen LogP contribution in [0.25, 0.3) is 0 Å². The van der Waals surface area contributed by atoms with Crippen LogP contribution in [0.5, 0.6) is 5.75 Å². The molecule has 0 saturated carbocycles. The first kappa shape index (κ1) is 9.65. The van der Waals surface area contributed by atoms with Crippen molar-refractivity contribution in [2.45, 2.75) is 10.9 Å². The van der Waals surface area contributed by atoms with Gasteiger partial charge in [-0.3, -0.25) is 0 Å². The third-order valence-electron chi connectivity index (χ3n) is 1.47. The normalized spacial score (nSPS) is 13.3. The molecule has 66 valence electrons. The minimum atomic E-state index is -0.908. The fraction of sp³-hybridized carbons (Fsp3) is 0.250. The number of hydrogen-bond donors (Lipinski definition) is 2. The van der Waals surface area contributed by atoms with Gasteiger partial charge in [-0.15, -0.1) is 23.2 Å². The maximum Gasteiger partial charge on any atom is 0.137 e. The SMILES string of the molecule is Oc1ccc(C(O)C(Cl)Cl)cc1. The van der Waals surface area contributed by atoms with Crippen molar-refractivity contribution in [2.24, 2.45) is 0 Å². The molecule has 0 aliphatic heterocycles. The van der Waals surface area contributed by atoms with Gasteiger partial charge in [0.05, 0.1) is 0 Å². The van der Waals surface area contributed by atoms with Crippen LogP contribution in [-0.2, 0) is 0 Å². The van der Waals surface area contributed by atoms with Crippen LogP contribution in [0.4, 0.5) is 0 Å². The van der Waals surface area contributed by atoms with E-state index in [9.17, 15) is 5.11 Å². The first-order valence-electron chi connectivity index (χ1n) is 3.36. The second-order valence-corrected chi connectivity index (χ2v) is 3.53. The van der Waals surface area contributed by atoms with Crippen LogP contribution < -0.4 is 0 Å². The Morgan fingerprint density at radius 2 is 1.58 bits per heavy atom. The summed E-state index contributed by atoms with van der Waals surface area (Å²) in [5, 5.41) is 18.3. The number of aliphatic hydroxyl groups excluding tert-OH is 1. The third kappa shape index (κ3) is 2.27. The van der Waals surface area contributed by atoms with Crippen molar-refractivity contribution in [3.63, 3.8) is 0 Å². The summed E-state index contributed by atoms with van der Waals surface area (Å²) in [6.07, 6.45) is -0.908. The number of aromatic hydroxyl groups is 1. The zero-order chi connectivity index (χ0) is 9.14. The van der Waals surface area contributed by atoms with Gasteiger partial charge in [-0.1, -0.05) is 12.1 Å². The third-order valence-corrected chi connectivity index (χ3v) is 1.95. The molecule has 0 aromatic heterocycles. The van der Waals surface area contributed by atoms with Gasteiger partial charge in [0.1, 0.15) is 16.7 Å². The molecule has 2 N–H and O–H groups in total. The molecule has 2 nitrogen and oxygen atoms in total. The summed E-state index contributed by atoms with van der Waals surface area (Å²) in [6.45, 7) is 0. The molecule has 1 aromatic carbocycles. The minimum absolute atomic E-state index is 0.145.